The third kappa shape index (κ3) is 2.82. The van der Waals surface area contributed by atoms with Crippen LogP contribution in [0, 0.1) is 0 Å². The molecule has 2 rings (SSSR count). The molecule has 0 spiro atoms. The van der Waals surface area contributed by atoms with Crippen LogP contribution in [0.3, 0.4) is 0 Å². The number of rotatable bonds is 4. The maximum absolute atomic E-state index is 5.95. The third-order valence-corrected chi connectivity index (χ3v) is 2.91. The van der Waals surface area contributed by atoms with E-state index in [-0.39, 0.29) is 6.10 Å². The predicted molar refractivity (Wildman–Crippen MR) is 66.1 cm³/mol. The number of methoxy groups -OCH3 is 2. The molecule has 1 atom stereocenters. The number of nitrogens with one attached hydrogen (secondary N) is 1. The molecule has 0 saturated carbocycles. The Morgan fingerprint density at radius 1 is 1.18 bits per heavy atom. The molecule has 1 N–H and O–H groups in total. The van der Waals surface area contributed by atoms with E-state index in [0.717, 1.165) is 31.7 Å². The fourth-order valence-electron chi connectivity index (χ4n) is 2.05. The van der Waals surface area contributed by atoms with Crippen LogP contribution in [0.2, 0.25) is 0 Å². The molecule has 0 aromatic heterocycles. The molecule has 1 aliphatic heterocycles. The second kappa shape index (κ2) is 5.77. The van der Waals surface area contributed by atoms with Crippen LogP contribution in [0.4, 0.5) is 0 Å². The summed E-state index contributed by atoms with van der Waals surface area (Å²) in [7, 11) is 3.26. The summed E-state index contributed by atoms with van der Waals surface area (Å²) in [4.78, 5) is 0. The highest BCUT2D eigenvalue weighted by Gasteiger charge is 2.18. The average Bonchev–Trinajstić information content (AvgIpc) is 2.39. The Morgan fingerprint density at radius 3 is 2.65 bits per heavy atom. The van der Waals surface area contributed by atoms with Crippen molar-refractivity contribution in [3.8, 4) is 17.2 Å². The molecule has 1 fully saturated rings. The molecule has 1 aromatic carbocycles. The Labute approximate surface area is 102 Å². The number of benzene rings is 1. The molecule has 1 heterocycles. The zero-order chi connectivity index (χ0) is 12.1. The minimum absolute atomic E-state index is 0.213. The lowest BCUT2D eigenvalue weighted by Crippen LogP contribution is -2.37. The summed E-state index contributed by atoms with van der Waals surface area (Å²) in [6, 6.07) is 5.69. The summed E-state index contributed by atoms with van der Waals surface area (Å²) >= 11 is 0. The van der Waals surface area contributed by atoms with E-state index in [4.69, 9.17) is 14.2 Å². The predicted octanol–water partition coefficient (Wildman–Crippen LogP) is 1.83. The first kappa shape index (κ1) is 12.0. The molecule has 1 saturated heterocycles. The van der Waals surface area contributed by atoms with Crippen LogP contribution >= 0.6 is 0 Å². The quantitative estimate of drug-likeness (QED) is 0.867. The van der Waals surface area contributed by atoms with Gasteiger partial charge in [0.25, 0.3) is 0 Å². The lowest BCUT2D eigenvalue weighted by atomic mass is 10.1. The summed E-state index contributed by atoms with van der Waals surface area (Å²) in [6.07, 6.45) is 2.44. The first-order valence-electron chi connectivity index (χ1n) is 5.93. The molecule has 0 radical (unpaired) electrons. The Bertz CT molecular complexity index is 362. The van der Waals surface area contributed by atoms with Gasteiger partial charge < -0.3 is 19.5 Å². The van der Waals surface area contributed by atoms with E-state index >= 15 is 0 Å². The molecule has 0 aliphatic carbocycles. The van der Waals surface area contributed by atoms with Crippen LogP contribution in [-0.2, 0) is 0 Å². The lowest BCUT2D eigenvalue weighted by molar-refractivity contribution is 0.160. The van der Waals surface area contributed by atoms with Crippen LogP contribution < -0.4 is 19.5 Å². The highest BCUT2D eigenvalue weighted by molar-refractivity contribution is 5.51. The molecule has 0 amide bonds. The van der Waals surface area contributed by atoms with Gasteiger partial charge in [-0.1, -0.05) is 6.07 Å². The Balaban J connectivity index is 2.13. The van der Waals surface area contributed by atoms with E-state index in [1.807, 2.05) is 18.2 Å². The van der Waals surface area contributed by atoms with Crippen molar-refractivity contribution in [1.29, 1.82) is 0 Å². The summed E-state index contributed by atoms with van der Waals surface area (Å²) in [5, 5.41) is 3.32. The monoisotopic (exact) mass is 237 g/mol. The zero-order valence-corrected chi connectivity index (χ0v) is 10.4. The molecule has 17 heavy (non-hydrogen) atoms. The van der Waals surface area contributed by atoms with Gasteiger partial charge in [-0.15, -0.1) is 0 Å². The standard InChI is InChI=1S/C13H19NO3/c1-15-11-6-3-7-12(13(11)16-2)17-10-5-4-8-14-9-10/h3,6-7,10,14H,4-5,8-9H2,1-2H3. The van der Waals surface area contributed by atoms with Gasteiger partial charge in [-0.3, -0.25) is 0 Å². The molecule has 1 aliphatic rings. The van der Waals surface area contributed by atoms with Gasteiger partial charge in [0.2, 0.25) is 5.75 Å². The van der Waals surface area contributed by atoms with Crippen LogP contribution in [0.15, 0.2) is 18.2 Å². The second-order valence-electron chi connectivity index (χ2n) is 4.08. The Kier molecular flexibility index (Phi) is 4.09. The largest absolute Gasteiger partial charge is 0.493 e. The molecule has 4 heteroatoms. The summed E-state index contributed by atoms with van der Waals surface area (Å²) in [6.45, 7) is 1.97. The number of piperidine rings is 1. The van der Waals surface area contributed by atoms with E-state index in [9.17, 15) is 0 Å². The van der Waals surface area contributed by atoms with Crippen LogP contribution in [0.25, 0.3) is 0 Å². The fraction of sp³-hybridized carbons (Fsp3) is 0.538. The van der Waals surface area contributed by atoms with Crippen molar-refractivity contribution in [2.75, 3.05) is 27.3 Å². The van der Waals surface area contributed by atoms with Gasteiger partial charge in [-0.05, 0) is 31.5 Å². The molecule has 0 bridgehead atoms. The van der Waals surface area contributed by atoms with Gasteiger partial charge in [0.15, 0.2) is 11.5 Å². The SMILES string of the molecule is COc1cccc(OC2CCCNC2)c1OC. The van der Waals surface area contributed by atoms with Crippen molar-refractivity contribution < 1.29 is 14.2 Å². The van der Waals surface area contributed by atoms with Crippen molar-refractivity contribution in [2.24, 2.45) is 0 Å². The van der Waals surface area contributed by atoms with Crippen LogP contribution in [-0.4, -0.2) is 33.4 Å². The van der Waals surface area contributed by atoms with E-state index in [2.05, 4.69) is 5.32 Å². The molecule has 4 nitrogen and oxygen atoms in total. The van der Waals surface area contributed by atoms with Crippen molar-refractivity contribution in [2.45, 2.75) is 18.9 Å². The summed E-state index contributed by atoms with van der Waals surface area (Å²) < 4.78 is 16.5. The summed E-state index contributed by atoms with van der Waals surface area (Å²) in [5.74, 6) is 2.12. The van der Waals surface area contributed by atoms with Gasteiger partial charge in [0, 0.05) is 6.54 Å². The van der Waals surface area contributed by atoms with Gasteiger partial charge in [0.1, 0.15) is 6.10 Å². The normalized spacial score (nSPS) is 19.8. The first-order chi connectivity index (χ1) is 8.35. The fourth-order valence-corrected chi connectivity index (χ4v) is 2.05. The first-order valence-corrected chi connectivity index (χ1v) is 5.93. The molecular weight excluding hydrogens is 218 g/mol. The Hall–Kier alpha value is -1.42. The van der Waals surface area contributed by atoms with Gasteiger partial charge in [-0.2, -0.15) is 0 Å². The highest BCUT2D eigenvalue weighted by Crippen LogP contribution is 2.37. The smallest absolute Gasteiger partial charge is 0.203 e. The molecular formula is C13H19NO3. The lowest BCUT2D eigenvalue weighted by Gasteiger charge is -2.25. The van der Waals surface area contributed by atoms with Crippen LogP contribution in [0.1, 0.15) is 12.8 Å². The van der Waals surface area contributed by atoms with E-state index in [1.54, 1.807) is 14.2 Å². The van der Waals surface area contributed by atoms with Gasteiger partial charge >= 0.3 is 0 Å². The van der Waals surface area contributed by atoms with E-state index < -0.39 is 0 Å². The highest BCUT2D eigenvalue weighted by atomic mass is 16.5. The summed E-state index contributed by atoms with van der Waals surface area (Å²) in [5.41, 5.74) is 0. The minimum Gasteiger partial charge on any atom is -0.493 e. The van der Waals surface area contributed by atoms with E-state index in [1.165, 1.54) is 0 Å². The van der Waals surface area contributed by atoms with Crippen molar-refractivity contribution in [1.82, 2.24) is 5.32 Å². The second-order valence-corrected chi connectivity index (χ2v) is 4.08. The zero-order valence-electron chi connectivity index (χ0n) is 10.4. The number of hydrogen-bond donors (Lipinski definition) is 1. The number of hydrogen-bond acceptors (Lipinski definition) is 4. The molecule has 94 valence electrons. The topological polar surface area (TPSA) is 39.7 Å². The third-order valence-electron chi connectivity index (χ3n) is 2.91. The average molecular weight is 237 g/mol. The van der Waals surface area contributed by atoms with Crippen molar-refractivity contribution >= 4 is 0 Å². The van der Waals surface area contributed by atoms with Crippen molar-refractivity contribution in [3.05, 3.63) is 18.2 Å². The Morgan fingerprint density at radius 2 is 2.00 bits per heavy atom. The van der Waals surface area contributed by atoms with Crippen LogP contribution in [0.5, 0.6) is 17.2 Å². The van der Waals surface area contributed by atoms with E-state index in [0.29, 0.717) is 11.5 Å². The van der Waals surface area contributed by atoms with Crippen molar-refractivity contribution in [3.63, 3.8) is 0 Å². The van der Waals surface area contributed by atoms with Gasteiger partial charge in [-0.25, -0.2) is 0 Å². The maximum atomic E-state index is 5.95. The minimum atomic E-state index is 0.213. The number of ether oxygens (including phenoxy) is 3. The maximum Gasteiger partial charge on any atom is 0.203 e. The number of para-hydroxylation sites is 1. The van der Waals surface area contributed by atoms with Gasteiger partial charge in [0.05, 0.1) is 14.2 Å². The molecule has 1 unspecified atom stereocenters. The molecule has 1 aromatic rings.